The van der Waals surface area contributed by atoms with E-state index in [1.165, 1.54) is 13.1 Å². The molecule has 44 heavy (non-hydrogen) atoms. The van der Waals surface area contributed by atoms with Crippen molar-refractivity contribution in [2.75, 3.05) is 6.61 Å². The quantitative estimate of drug-likeness (QED) is 0.265. The fourth-order valence-electron chi connectivity index (χ4n) is 8.11. The summed E-state index contributed by atoms with van der Waals surface area (Å²) < 4.78 is 25.8. The predicted octanol–water partition coefficient (Wildman–Crippen LogP) is 5.61. The number of rotatable bonds is 9. The summed E-state index contributed by atoms with van der Waals surface area (Å²) in [5, 5.41) is 0. The first-order valence-corrected chi connectivity index (χ1v) is 15.6. The lowest BCUT2D eigenvalue weighted by atomic mass is 9.46. The maximum Gasteiger partial charge on any atom is 0.339 e. The molecule has 0 radical (unpaired) electrons. The van der Waals surface area contributed by atoms with Gasteiger partial charge in [-0.15, -0.1) is 0 Å². The molecule has 0 N–H and O–H groups in total. The van der Waals surface area contributed by atoms with Gasteiger partial charge in [-0.05, 0) is 69.7 Å². The summed E-state index contributed by atoms with van der Waals surface area (Å²) in [6.45, 7) is 10.9. The lowest BCUT2D eigenvalue weighted by Crippen LogP contribution is -2.73. The smallest absolute Gasteiger partial charge is 0.339 e. The molecule has 3 fully saturated rings. The minimum atomic E-state index is -1.38. The van der Waals surface area contributed by atoms with Crippen LogP contribution in [0.3, 0.4) is 0 Å². The maximum atomic E-state index is 14.4. The first-order valence-electron chi connectivity index (χ1n) is 15.6. The standard InChI is InChI=1S/C35H43NO8/c1-7-21(2)29(38)28-26-18-35(44-33(26,5)6)22(3)15-16-27(42-23(4)37)34(35,20-41-31(39)25-14-11-17-36-19-25)30(28)43-32(40)24-12-9-8-10-13-24/h8-14,17,19,21-22,26-28,30H,7,15-16,18,20H2,1-6H3/t21?,22-,26+,27+,28-,30-,34+,35+/m1/s1. The van der Waals surface area contributed by atoms with Crippen molar-refractivity contribution in [2.24, 2.45) is 29.1 Å². The summed E-state index contributed by atoms with van der Waals surface area (Å²) >= 11 is 0. The Bertz CT molecular complexity index is 1390. The molecule has 1 aromatic carbocycles. The number of ketones is 1. The molecule has 2 heterocycles. The third kappa shape index (κ3) is 5.23. The number of carbonyl (C=O) groups is 4. The van der Waals surface area contributed by atoms with E-state index in [-0.39, 0.29) is 35.7 Å². The highest BCUT2D eigenvalue weighted by Crippen LogP contribution is 2.69. The van der Waals surface area contributed by atoms with Gasteiger partial charge in [-0.25, -0.2) is 9.59 Å². The highest BCUT2D eigenvalue weighted by molar-refractivity contribution is 5.91. The molecule has 2 aromatic rings. The maximum absolute atomic E-state index is 14.4. The Labute approximate surface area is 259 Å². The van der Waals surface area contributed by atoms with Gasteiger partial charge < -0.3 is 18.9 Å². The Morgan fingerprint density at radius 1 is 1.00 bits per heavy atom. The molecule has 3 aliphatic rings. The molecule has 1 aromatic heterocycles. The summed E-state index contributed by atoms with van der Waals surface area (Å²) in [7, 11) is 0. The van der Waals surface area contributed by atoms with Crippen LogP contribution in [0.15, 0.2) is 54.9 Å². The molecular formula is C35H43NO8. The van der Waals surface area contributed by atoms with Gasteiger partial charge in [0.15, 0.2) is 0 Å². The number of aromatic nitrogens is 1. The van der Waals surface area contributed by atoms with E-state index in [1.807, 2.05) is 27.7 Å². The minimum Gasteiger partial charge on any atom is -0.462 e. The highest BCUT2D eigenvalue weighted by atomic mass is 16.6. The third-order valence-electron chi connectivity index (χ3n) is 10.5. The summed E-state index contributed by atoms with van der Waals surface area (Å²) in [6.07, 6.45) is 3.17. The normalized spacial score (nSPS) is 32.5. The Hall–Kier alpha value is -3.59. The summed E-state index contributed by atoms with van der Waals surface area (Å²) in [5.41, 5.74) is -2.62. The van der Waals surface area contributed by atoms with Gasteiger partial charge in [0.25, 0.3) is 0 Å². The van der Waals surface area contributed by atoms with Crippen LogP contribution in [-0.2, 0) is 28.5 Å². The Morgan fingerprint density at radius 3 is 2.34 bits per heavy atom. The monoisotopic (exact) mass is 605 g/mol. The number of pyridine rings is 1. The fraction of sp³-hybridized carbons (Fsp3) is 0.571. The van der Waals surface area contributed by atoms with Crippen LogP contribution in [0.1, 0.15) is 87.9 Å². The number of ether oxygens (including phenoxy) is 4. The van der Waals surface area contributed by atoms with Crippen LogP contribution in [0.25, 0.3) is 0 Å². The van der Waals surface area contributed by atoms with Gasteiger partial charge >= 0.3 is 17.9 Å². The van der Waals surface area contributed by atoms with Crippen LogP contribution in [0.2, 0.25) is 0 Å². The number of benzene rings is 1. The fourth-order valence-corrected chi connectivity index (χ4v) is 8.11. The predicted molar refractivity (Wildman–Crippen MR) is 161 cm³/mol. The molecule has 2 aliphatic carbocycles. The topological polar surface area (TPSA) is 118 Å². The van der Waals surface area contributed by atoms with Crippen molar-refractivity contribution in [3.05, 3.63) is 66.0 Å². The van der Waals surface area contributed by atoms with E-state index in [4.69, 9.17) is 18.9 Å². The van der Waals surface area contributed by atoms with Crippen molar-refractivity contribution in [3.8, 4) is 0 Å². The first-order chi connectivity index (χ1) is 20.9. The number of Topliss-reactive ketones (excluding diaryl/α,β-unsaturated/α-hetero) is 1. The minimum absolute atomic E-state index is 0.0479. The summed E-state index contributed by atoms with van der Waals surface area (Å²) in [4.78, 5) is 58.5. The van der Waals surface area contributed by atoms with Gasteiger partial charge in [-0.3, -0.25) is 14.6 Å². The van der Waals surface area contributed by atoms with Crippen molar-refractivity contribution in [1.29, 1.82) is 0 Å². The van der Waals surface area contributed by atoms with Crippen molar-refractivity contribution < 1.29 is 38.1 Å². The molecule has 1 aliphatic heterocycles. The molecule has 5 rings (SSSR count). The second kappa shape index (κ2) is 12.1. The van der Waals surface area contributed by atoms with E-state index in [9.17, 15) is 19.2 Å². The summed E-state index contributed by atoms with van der Waals surface area (Å²) in [6, 6.07) is 11.8. The lowest BCUT2D eigenvalue weighted by Gasteiger charge is -2.62. The van der Waals surface area contributed by atoms with Crippen LogP contribution in [0.4, 0.5) is 0 Å². The number of esters is 3. The number of nitrogens with zero attached hydrogens (tertiary/aromatic N) is 1. The molecule has 9 nitrogen and oxygen atoms in total. The SMILES string of the molecule is CCC(C)C(=O)[C@@H]1[C@@H](OC(=O)c2ccccc2)[C@]2(COC(=O)c3cccnc3)[C@@H](OC(C)=O)CC[C@@H](C)[C@@]23C[C@@H]1C(C)(C)O3. The molecule has 2 saturated carbocycles. The number of carbonyl (C=O) groups excluding carboxylic acids is 4. The Kier molecular flexibility index (Phi) is 8.73. The van der Waals surface area contributed by atoms with Crippen molar-refractivity contribution in [2.45, 2.75) is 90.6 Å². The first kappa shape index (κ1) is 31.8. The molecule has 1 spiro atoms. The van der Waals surface area contributed by atoms with Crippen LogP contribution >= 0.6 is 0 Å². The van der Waals surface area contributed by atoms with E-state index < -0.39 is 52.7 Å². The Balaban J connectivity index is 1.73. The average Bonchev–Trinajstić information content (AvgIpc) is 3.26. The zero-order chi connectivity index (χ0) is 31.9. The molecular weight excluding hydrogens is 562 g/mol. The highest BCUT2D eigenvalue weighted by Gasteiger charge is 2.79. The second-order valence-corrected chi connectivity index (χ2v) is 13.3. The van der Waals surface area contributed by atoms with E-state index in [1.54, 1.807) is 48.7 Å². The molecule has 0 amide bonds. The van der Waals surface area contributed by atoms with E-state index in [2.05, 4.69) is 11.9 Å². The average molecular weight is 606 g/mol. The summed E-state index contributed by atoms with van der Waals surface area (Å²) in [5.74, 6) is -3.30. The van der Waals surface area contributed by atoms with Gasteiger partial charge in [0.05, 0.1) is 28.2 Å². The molecule has 2 bridgehead atoms. The van der Waals surface area contributed by atoms with Gasteiger partial charge in [0.1, 0.15) is 30.0 Å². The van der Waals surface area contributed by atoms with Crippen LogP contribution < -0.4 is 0 Å². The van der Waals surface area contributed by atoms with Gasteiger partial charge in [-0.1, -0.05) is 39.0 Å². The van der Waals surface area contributed by atoms with Crippen molar-refractivity contribution in [3.63, 3.8) is 0 Å². The number of fused-ring (bicyclic) bond motifs is 1. The van der Waals surface area contributed by atoms with Crippen LogP contribution in [0, 0.1) is 29.1 Å². The molecule has 236 valence electrons. The third-order valence-corrected chi connectivity index (χ3v) is 10.5. The van der Waals surface area contributed by atoms with E-state index in [0.29, 0.717) is 31.2 Å². The molecule has 1 unspecified atom stereocenters. The van der Waals surface area contributed by atoms with Crippen molar-refractivity contribution >= 4 is 23.7 Å². The zero-order valence-electron chi connectivity index (χ0n) is 26.4. The van der Waals surface area contributed by atoms with E-state index in [0.717, 1.165) is 0 Å². The molecule has 8 atom stereocenters. The zero-order valence-corrected chi connectivity index (χ0v) is 26.4. The van der Waals surface area contributed by atoms with Crippen LogP contribution in [0.5, 0.6) is 0 Å². The van der Waals surface area contributed by atoms with Gasteiger partial charge in [0, 0.05) is 31.2 Å². The van der Waals surface area contributed by atoms with Gasteiger partial charge in [-0.2, -0.15) is 0 Å². The second-order valence-electron chi connectivity index (χ2n) is 13.3. The van der Waals surface area contributed by atoms with Crippen molar-refractivity contribution in [1.82, 2.24) is 4.98 Å². The lowest BCUT2D eigenvalue weighted by molar-refractivity contribution is -0.280. The van der Waals surface area contributed by atoms with Crippen LogP contribution in [-0.4, -0.2) is 58.7 Å². The molecule has 9 heteroatoms. The van der Waals surface area contributed by atoms with Gasteiger partial charge in [0.2, 0.25) is 0 Å². The number of hydrogen-bond acceptors (Lipinski definition) is 9. The largest absolute Gasteiger partial charge is 0.462 e. The molecule has 1 saturated heterocycles. The Morgan fingerprint density at radius 2 is 1.70 bits per heavy atom. The van der Waals surface area contributed by atoms with E-state index >= 15 is 0 Å². The number of hydrogen-bond donors (Lipinski definition) is 0.